The zero-order valence-electron chi connectivity index (χ0n) is 15.9. The van der Waals surface area contributed by atoms with Crippen LogP contribution in [0.2, 0.25) is 0 Å². The lowest BCUT2D eigenvalue weighted by Crippen LogP contribution is -2.36. The lowest BCUT2D eigenvalue weighted by molar-refractivity contribution is 0.397. The first-order valence-electron chi connectivity index (χ1n) is 8.79. The van der Waals surface area contributed by atoms with Crippen molar-refractivity contribution >= 4 is 29.9 Å². The number of nitrogens with one attached hydrogen (secondary N) is 2. The maximum atomic E-state index is 5.57. The molecule has 0 unspecified atom stereocenters. The van der Waals surface area contributed by atoms with E-state index in [1.54, 1.807) is 19.6 Å². The highest BCUT2D eigenvalue weighted by atomic mass is 127. The maximum Gasteiger partial charge on any atom is 0.226 e. The Hall–Kier alpha value is -2.62. The fourth-order valence-electron chi connectivity index (χ4n) is 2.45. The van der Waals surface area contributed by atoms with E-state index in [0.29, 0.717) is 30.8 Å². The van der Waals surface area contributed by atoms with E-state index in [1.165, 1.54) is 0 Å². The number of guanidine groups is 1. The molecular weight excluding hydrogens is 469 g/mol. The summed E-state index contributed by atoms with van der Waals surface area (Å²) >= 11 is 0. The van der Waals surface area contributed by atoms with Crippen LogP contribution >= 0.6 is 24.0 Å². The van der Waals surface area contributed by atoms with Gasteiger partial charge in [0.05, 0.1) is 25.9 Å². The van der Waals surface area contributed by atoms with Crippen molar-refractivity contribution in [3.63, 3.8) is 0 Å². The van der Waals surface area contributed by atoms with Crippen molar-refractivity contribution in [1.29, 1.82) is 0 Å². The van der Waals surface area contributed by atoms with Crippen molar-refractivity contribution in [2.45, 2.75) is 20.0 Å². The summed E-state index contributed by atoms with van der Waals surface area (Å²) in [4.78, 5) is 13.2. The molecule has 148 valence electrons. The standard InChI is InChI=1S/C20H23N5O2.HI/c1-3-21-20(23-12-15-9-10-22-18(11-15)26-2)24-13-17-14-27-19(25-17)16-7-5-4-6-8-16;/h4-11,14H,3,12-13H2,1-2H3,(H2,21,23,24);1H. The van der Waals surface area contributed by atoms with Gasteiger partial charge in [-0.3, -0.25) is 0 Å². The van der Waals surface area contributed by atoms with E-state index in [4.69, 9.17) is 9.15 Å². The van der Waals surface area contributed by atoms with Crippen molar-refractivity contribution in [2.24, 2.45) is 4.99 Å². The fourth-order valence-corrected chi connectivity index (χ4v) is 2.45. The molecule has 0 atom stereocenters. The fraction of sp³-hybridized carbons (Fsp3) is 0.250. The lowest BCUT2D eigenvalue weighted by Gasteiger charge is -2.10. The molecule has 0 aliphatic heterocycles. The summed E-state index contributed by atoms with van der Waals surface area (Å²) in [6.45, 7) is 3.82. The molecule has 7 nitrogen and oxygen atoms in total. The molecule has 3 aromatic rings. The van der Waals surface area contributed by atoms with Gasteiger partial charge in [0.25, 0.3) is 0 Å². The summed E-state index contributed by atoms with van der Waals surface area (Å²) in [5.74, 6) is 1.90. The second kappa shape index (κ2) is 11.3. The van der Waals surface area contributed by atoms with Gasteiger partial charge in [-0.05, 0) is 30.7 Å². The number of oxazole rings is 1. The molecule has 0 fully saturated rings. The Kier molecular flexibility index (Phi) is 8.73. The number of benzene rings is 1. The van der Waals surface area contributed by atoms with E-state index in [-0.39, 0.29) is 24.0 Å². The number of aromatic nitrogens is 2. The molecule has 0 aliphatic rings. The highest BCUT2D eigenvalue weighted by Crippen LogP contribution is 2.17. The zero-order valence-corrected chi connectivity index (χ0v) is 18.2. The number of methoxy groups -OCH3 is 1. The van der Waals surface area contributed by atoms with Crippen LogP contribution in [0.25, 0.3) is 11.5 Å². The molecule has 0 radical (unpaired) electrons. The van der Waals surface area contributed by atoms with Gasteiger partial charge in [0.1, 0.15) is 6.26 Å². The number of hydrogen-bond acceptors (Lipinski definition) is 5. The monoisotopic (exact) mass is 493 g/mol. The minimum absolute atomic E-state index is 0. The van der Waals surface area contributed by atoms with Crippen LogP contribution in [-0.2, 0) is 13.1 Å². The van der Waals surface area contributed by atoms with E-state index in [9.17, 15) is 0 Å². The Morgan fingerprint density at radius 2 is 2.00 bits per heavy atom. The van der Waals surface area contributed by atoms with E-state index in [2.05, 4.69) is 25.6 Å². The van der Waals surface area contributed by atoms with Crippen molar-refractivity contribution < 1.29 is 9.15 Å². The van der Waals surface area contributed by atoms with Gasteiger partial charge in [-0.25, -0.2) is 15.0 Å². The number of halogens is 1. The molecule has 0 saturated heterocycles. The Bertz CT molecular complexity index is 883. The largest absolute Gasteiger partial charge is 0.481 e. The Labute approximate surface area is 181 Å². The zero-order chi connectivity index (χ0) is 18.9. The average Bonchev–Trinajstić information content (AvgIpc) is 3.20. The van der Waals surface area contributed by atoms with Crippen molar-refractivity contribution in [3.05, 3.63) is 66.2 Å². The predicted octanol–water partition coefficient (Wildman–Crippen LogP) is 3.62. The minimum Gasteiger partial charge on any atom is -0.481 e. The first kappa shape index (κ1) is 21.7. The summed E-state index contributed by atoms with van der Waals surface area (Å²) in [6, 6.07) is 13.6. The SMILES string of the molecule is CCNC(=NCc1ccnc(OC)c1)NCc1coc(-c2ccccc2)n1.I. The predicted molar refractivity (Wildman–Crippen MR) is 120 cm³/mol. The van der Waals surface area contributed by atoms with Crippen LogP contribution in [0.5, 0.6) is 5.88 Å². The first-order chi connectivity index (χ1) is 13.3. The van der Waals surface area contributed by atoms with Crippen LogP contribution in [0.1, 0.15) is 18.2 Å². The summed E-state index contributed by atoms with van der Waals surface area (Å²) in [5.41, 5.74) is 2.79. The number of pyridine rings is 1. The normalized spacial score (nSPS) is 10.9. The number of ether oxygens (including phenoxy) is 1. The number of aliphatic imine (C=N–C) groups is 1. The Morgan fingerprint density at radius 3 is 2.75 bits per heavy atom. The van der Waals surface area contributed by atoms with Crippen molar-refractivity contribution in [3.8, 4) is 17.3 Å². The first-order valence-corrected chi connectivity index (χ1v) is 8.79. The lowest BCUT2D eigenvalue weighted by atomic mass is 10.2. The third kappa shape index (κ3) is 6.22. The average molecular weight is 493 g/mol. The molecule has 1 aromatic carbocycles. The van der Waals surface area contributed by atoms with Gasteiger partial charge in [0, 0.05) is 24.4 Å². The van der Waals surface area contributed by atoms with Crippen LogP contribution in [0.4, 0.5) is 0 Å². The minimum atomic E-state index is 0. The van der Waals surface area contributed by atoms with Crippen LogP contribution in [0.3, 0.4) is 0 Å². The van der Waals surface area contributed by atoms with Crippen LogP contribution in [0, 0.1) is 0 Å². The van der Waals surface area contributed by atoms with Gasteiger partial charge in [-0.2, -0.15) is 0 Å². The van der Waals surface area contributed by atoms with Gasteiger partial charge in [0.15, 0.2) is 5.96 Å². The summed E-state index contributed by atoms with van der Waals surface area (Å²) < 4.78 is 10.7. The third-order valence-corrected chi connectivity index (χ3v) is 3.78. The second-order valence-corrected chi connectivity index (χ2v) is 5.77. The molecular formula is C20H24IN5O2. The molecule has 2 N–H and O–H groups in total. The van der Waals surface area contributed by atoms with Crippen molar-refractivity contribution in [1.82, 2.24) is 20.6 Å². The Morgan fingerprint density at radius 1 is 1.18 bits per heavy atom. The van der Waals surface area contributed by atoms with Crippen LogP contribution in [-0.4, -0.2) is 29.6 Å². The van der Waals surface area contributed by atoms with Gasteiger partial charge >= 0.3 is 0 Å². The molecule has 0 saturated carbocycles. The smallest absolute Gasteiger partial charge is 0.226 e. The molecule has 8 heteroatoms. The highest BCUT2D eigenvalue weighted by Gasteiger charge is 2.07. The molecule has 0 aliphatic carbocycles. The van der Waals surface area contributed by atoms with E-state index >= 15 is 0 Å². The number of hydrogen-bond donors (Lipinski definition) is 2. The summed E-state index contributed by atoms with van der Waals surface area (Å²) in [6.07, 6.45) is 3.37. The maximum absolute atomic E-state index is 5.57. The molecule has 3 rings (SSSR count). The molecule has 28 heavy (non-hydrogen) atoms. The van der Waals surface area contributed by atoms with E-state index in [0.717, 1.165) is 23.4 Å². The van der Waals surface area contributed by atoms with Gasteiger partial charge < -0.3 is 19.8 Å². The topological polar surface area (TPSA) is 84.6 Å². The molecule has 2 heterocycles. The highest BCUT2D eigenvalue weighted by molar-refractivity contribution is 14.0. The van der Waals surface area contributed by atoms with Crippen molar-refractivity contribution in [2.75, 3.05) is 13.7 Å². The second-order valence-electron chi connectivity index (χ2n) is 5.77. The van der Waals surface area contributed by atoms with Crippen LogP contribution < -0.4 is 15.4 Å². The molecule has 0 amide bonds. The number of nitrogens with zero attached hydrogens (tertiary/aromatic N) is 3. The molecule has 0 bridgehead atoms. The Balaban J connectivity index is 0.00000280. The van der Waals surface area contributed by atoms with E-state index in [1.807, 2.05) is 49.4 Å². The molecule has 0 spiro atoms. The third-order valence-electron chi connectivity index (χ3n) is 3.78. The quantitative estimate of drug-likeness (QED) is 0.297. The summed E-state index contributed by atoms with van der Waals surface area (Å²) in [7, 11) is 1.60. The van der Waals surface area contributed by atoms with Crippen LogP contribution in [0.15, 0.2) is 64.3 Å². The van der Waals surface area contributed by atoms with Gasteiger partial charge in [-0.15, -0.1) is 24.0 Å². The van der Waals surface area contributed by atoms with E-state index < -0.39 is 0 Å². The van der Waals surface area contributed by atoms with Gasteiger partial charge in [-0.1, -0.05) is 18.2 Å². The summed E-state index contributed by atoms with van der Waals surface area (Å²) in [5, 5.41) is 6.49. The number of rotatable bonds is 7. The van der Waals surface area contributed by atoms with Gasteiger partial charge in [0.2, 0.25) is 11.8 Å². The molecule has 2 aromatic heterocycles.